The molecule has 2 atom stereocenters. The number of carbonyl (C=O) groups is 1. The quantitative estimate of drug-likeness (QED) is 0.523. The molecule has 3 heterocycles. The first kappa shape index (κ1) is 23.5. The van der Waals surface area contributed by atoms with Gasteiger partial charge in [0.2, 0.25) is 11.8 Å². The van der Waals surface area contributed by atoms with E-state index in [-0.39, 0.29) is 54.4 Å². The minimum Gasteiger partial charge on any atom is -0.422 e. The van der Waals surface area contributed by atoms with E-state index in [1.807, 2.05) is 0 Å². The van der Waals surface area contributed by atoms with Crippen molar-refractivity contribution in [3.05, 3.63) is 53.4 Å². The molecule has 1 N–H and O–H groups in total. The number of halogens is 5. The second kappa shape index (κ2) is 9.11. The normalized spacial score (nSPS) is 24.8. The largest absolute Gasteiger partial charge is 0.522 e. The predicted molar refractivity (Wildman–Crippen MR) is 108 cm³/mol. The van der Waals surface area contributed by atoms with Gasteiger partial charge in [-0.25, -0.2) is 13.8 Å². The molecule has 186 valence electrons. The smallest absolute Gasteiger partial charge is 0.422 e. The fourth-order valence-electron chi connectivity index (χ4n) is 4.16. The molecule has 1 aliphatic carbocycles. The Bertz CT molecular complexity index is 1240. The van der Waals surface area contributed by atoms with E-state index >= 15 is 0 Å². The third kappa shape index (κ3) is 5.25. The van der Waals surface area contributed by atoms with E-state index in [1.54, 1.807) is 0 Å². The Labute approximate surface area is 194 Å². The van der Waals surface area contributed by atoms with Gasteiger partial charge in [0.25, 0.3) is 5.91 Å². The lowest BCUT2D eigenvalue weighted by Crippen LogP contribution is -2.41. The monoisotopic (exact) mass is 498 g/mol. The highest BCUT2D eigenvalue weighted by atomic mass is 19.4. The fraction of sp³-hybridized carbons (Fsp3) is 0.455. The Balaban J connectivity index is 1.13. The van der Waals surface area contributed by atoms with Crippen molar-refractivity contribution in [1.82, 2.24) is 20.5 Å². The summed E-state index contributed by atoms with van der Waals surface area (Å²) in [4.78, 5) is 16.7. The van der Waals surface area contributed by atoms with Crippen molar-refractivity contribution in [1.29, 1.82) is 0 Å². The van der Waals surface area contributed by atoms with E-state index in [4.69, 9.17) is 9.15 Å². The van der Waals surface area contributed by atoms with Crippen LogP contribution in [-0.2, 0) is 9.47 Å². The molecule has 5 rings (SSSR count). The summed E-state index contributed by atoms with van der Waals surface area (Å²) in [5.41, 5.74) is 0.215. The van der Waals surface area contributed by atoms with Crippen LogP contribution >= 0.6 is 0 Å². The third-order valence-corrected chi connectivity index (χ3v) is 6.05. The predicted octanol–water partition coefficient (Wildman–Crippen LogP) is 4.33. The average molecular weight is 498 g/mol. The van der Waals surface area contributed by atoms with Gasteiger partial charge in [-0.15, -0.1) is 23.4 Å². The van der Waals surface area contributed by atoms with Crippen molar-refractivity contribution in [2.45, 2.75) is 56.2 Å². The molecule has 2 aromatic heterocycles. The maximum atomic E-state index is 13.5. The van der Waals surface area contributed by atoms with Gasteiger partial charge in [-0.1, -0.05) is 6.07 Å². The second-order valence-electron chi connectivity index (χ2n) is 8.56. The summed E-state index contributed by atoms with van der Waals surface area (Å²) in [5.74, 6) is -2.34. The maximum absolute atomic E-state index is 13.5. The van der Waals surface area contributed by atoms with E-state index in [0.717, 1.165) is 12.1 Å². The molecule has 1 aromatic carbocycles. The molecular formula is C22H19F5N4O4. The minimum absolute atomic E-state index is 0.0560. The lowest BCUT2D eigenvalue weighted by molar-refractivity contribution is -0.352. The topological polar surface area (TPSA) is 99.4 Å². The number of carbonyl (C=O) groups excluding carboxylic acids is 1. The lowest BCUT2D eigenvalue weighted by atomic mass is 9.82. The Hall–Kier alpha value is -3.19. The Morgan fingerprint density at radius 2 is 1.80 bits per heavy atom. The number of amides is 1. The summed E-state index contributed by atoms with van der Waals surface area (Å²) in [6.45, 7) is 0.159. The van der Waals surface area contributed by atoms with Crippen LogP contribution in [0.2, 0.25) is 0 Å². The van der Waals surface area contributed by atoms with Gasteiger partial charge in [-0.05, 0) is 37.8 Å². The zero-order valence-electron chi connectivity index (χ0n) is 18.0. The maximum Gasteiger partial charge on any atom is 0.522 e. The molecule has 1 aliphatic heterocycles. The SMILES string of the molecule is O=C(N[C@H]1CC[C@H](c2nnc(C3CC(OC(F)(F)F)C3)o2)OC1)c1ccc2cc(F)c(F)cc2n1. The number of nitrogens with one attached hydrogen (secondary N) is 1. The number of hydrogen-bond donors (Lipinski definition) is 1. The van der Waals surface area contributed by atoms with Crippen molar-refractivity contribution >= 4 is 16.8 Å². The van der Waals surface area contributed by atoms with Crippen LogP contribution in [0.4, 0.5) is 22.0 Å². The highest BCUT2D eigenvalue weighted by Gasteiger charge is 2.42. The summed E-state index contributed by atoms with van der Waals surface area (Å²) in [7, 11) is 0. The second-order valence-corrected chi connectivity index (χ2v) is 8.56. The lowest BCUT2D eigenvalue weighted by Gasteiger charge is -2.33. The fourth-order valence-corrected chi connectivity index (χ4v) is 4.16. The van der Waals surface area contributed by atoms with Crippen LogP contribution in [0.15, 0.2) is 28.7 Å². The van der Waals surface area contributed by atoms with Gasteiger partial charge >= 0.3 is 6.36 Å². The summed E-state index contributed by atoms with van der Waals surface area (Å²) in [5, 5.41) is 11.1. The van der Waals surface area contributed by atoms with Crippen LogP contribution in [0, 0.1) is 11.6 Å². The number of pyridine rings is 1. The molecule has 0 spiro atoms. The van der Waals surface area contributed by atoms with Crippen molar-refractivity contribution < 1.29 is 40.6 Å². The molecule has 13 heteroatoms. The number of alkyl halides is 3. The minimum atomic E-state index is -4.67. The number of rotatable bonds is 5. The van der Waals surface area contributed by atoms with Gasteiger partial charge in [0.05, 0.1) is 24.3 Å². The number of aromatic nitrogens is 3. The zero-order valence-corrected chi connectivity index (χ0v) is 18.0. The molecule has 3 aromatic rings. The molecule has 8 nitrogen and oxygen atoms in total. The van der Waals surface area contributed by atoms with Gasteiger partial charge in [-0.3, -0.25) is 9.53 Å². The molecule has 0 radical (unpaired) electrons. The van der Waals surface area contributed by atoms with Crippen LogP contribution in [-0.4, -0.2) is 46.2 Å². The molecular weight excluding hydrogens is 479 g/mol. The number of nitrogens with zero attached hydrogens (tertiary/aromatic N) is 3. The first-order valence-corrected chi connectivity index (χ1v) is 10.9. The van der Waals surface area contributed by atoms with Crippen LogP contribution in [0.25, 0.3) is 10.9 Å². The summed E-state index contributed by atoms with van der Waals surface area (Å²) < 4.78 is 78.9. The van der Waals surface area contributed by atoms with Crippen LogP contribution < -0.4 is 5.32 Å². The van der Waals surface area contributed by atoms with Gasteiger partial charge < -0.3 is 14.5 Å². The molecule has 2 aliphatic rings. The average Bonchev–Trinajstić information content (AvgIpc) is 3.26. The van der Waals surface area contributed by atoms with Gasteiger partial charge in [0, 0.05) is 17.4 Å². The number of hydrogen-bond acceptors (Lipinski definition) is 7. The summed E-state index contributed by atoms with van der Waals surface area (Å²) in [6, 6.07) is 4.53. The van der Waals surface area contributed by atoms with Crippen molar-refractivity contribution in [2.75, 3.05) is 6.61 Å². The highest BCUT2D eigenvalue weighted by molar-refractivity contribution is 5.95. The summed E-state index contributed by atoms with van der Waals surface area (Å²) in [6.07, 6.45) is -4.79. The zero-order chi connectivity index (χ0) is 24.7. The summed E-state index contributed by atoms with van der Waals surface area (Å²) >= 11 is 0. The van der Waals surface area contributed by atoms with Gasteiger partial charge in [0.1, 0.15) is 11.8 Å². The van der Waals surface area contributed by atoms with E-state index in [0.29, 0.717) is 18.2 Å². The molecule has 1 saturated heterocycles. The molecule has 1 saturated carbocycles. The first-order valence-electron chi connectivity index (χ1n) is 10.9. The molecule has 2 fully saturated rings. The van der Waals surface area contributed by atoms with E-state index in [9.17, 15) is 26.7 Å². The molecule has 35 heavy (non-hydrogen) atoms. The van der Waals surface area contributed by atoms with Gasteiger partial charge in [-0.2, -0.15) is 0 Å². The molecule has 0 bridgehead atoms. The number of benzene rings is 1. The standard InChI is InChI=1S/C22H19F5N4O4/c23-14-7-10-1-3-16(29-17(10)8-15(14)24)19(32)28-12-2-4-18(33-9-12)21-31-30-20(34-21)11-5-13(6-11)35-22(25,26)27/h1,3,7-8,11-13,18H,2,4-6,9H2,(H,28,32)/t11?,12-,13?,18+/m0/s1. The van der Waals surface area contributed by atoms with Crippen LogP contribution in [0.1, 0.15) is 60.0 Å². The van der Waals surface area contributed by atoms with E-state index < -0.39 is 36.1 Å². The van der Waals surface area contributed by atoms with Crippen LogP contribution in [0.5, 0.6) is 0 Å². The molecule has 0 unspecified atom stereocenters. The number of fused-ring (bicyclic) bond motifs is 1. The van der Waals surface area contributed by atoms with Crippen molar-refractivity contribution in [3.63, 3.8) is 0 Å². The van der Waals surface area contributed by atoms with Crippen molar-refractivity contribution in [2.24, 2.45) is 0 Å². The molecule has 1 amide bonds. The highest BCUT2D eigenvalue weighted by Crippen LogP contribution is 2.41. The van der Waals surface area contributed by atoms with Crippen LogP contribution in [0.3, 0.4) is 0 Å². The first-order chi connectivity index (χ1) is 16.6. The Morgan fingerprint density at radius 3 is 2.51 bits per heavy atom. The van der Waals surface area contributed by atoms with E-state index in [2.05, 4.69) is 25.2 Å². The van der Waals surface area contributed by atoms with Gasteiger partial charge in [0.15, 0.2) is 11.6 Å². The number of ether oxygens (including phenoxy) is 2. The van der Waals surface area contributed by atoms with Crippen molar-refractivity contribution in [3.8, 4) is 0 Å². The Morgan fingerprint density at radius 1 is 1.06 bits per heavy atom. The Kier molecular flexibility index (Phi) is 6.13. The van der Waals surface area contributed by atoms with E-state index in [1.165, 1.54) is 12.1 Å². The third-order valence-electron chi connectivity index (χ3n) is 6.05.